The summed E-state index contributed by atoms with van der Waals surface area (Å²) in [5, 5.41) is 9.30. The van der Waals surface area contributed by atoms with Gasteiger partial charge in [-0.2, -0.15) is 4.98 Å². The first-order chi connectivity index (χ1) is 10.3. The van der Waals surface area contributed by atoms with Gasteiger partial charge in [0.05, 0.1) is 6.61 Å². The number of ether oxygens (including phenoxy) is 3. The van der Waals surface area contributed by atoms with Gasteiger partial charge in [0, 0.05) is 6.20 Å². The molecule has 0 bridgehead atoms. The minimum Gasteiger partial charge on any atom is -0.394 e. The van der Waals surface area contributed by atoms with Crippen molar-refractivity contribution in [3.63, 3.8) is 0 Å². The van der Waals surface area contributed by atoms with Crippen LogP contribution in [-0.2, 0) is 18.8 Å². The molecule has 3 rings (SSSR count). The van der Waals surface area contributed by atoms with Crippen molar-refractivity contribution in [2.45, 2.75) is 30.6 Å². The molecule has 12 heteroatoms. The van der Waals surface area contributed by atoms with Crippen molar-refractivity contribution in [3.05, 3.63) is 22.7 Å². The fourth-order valence-electron chi connectivity index (χ4n) is 2.47. The highest BCUT2D eigenvalue weighted by Crippen LogP contribution is 2.51. The second kappa shape index (κ2) is 5.39. The maximum absolute atomic E-state index is 11.9. The number of aliphatic hydroxyl groups excluding tert-OH is 1. The summed E-state index contributed by atoms with van der Waals surface area (Å²) in [6, 6.07) is -0.400. The maximum Gasteiger partial charge on any atom is 0.381 e. The van der Waals surface area contributed by atoms with E-state index in [9.17, 15) is 14.5 Å². The number of hydrogen-bond acceptors (Lipinski definition) is 8. The molecule has 0 saturated carbocycles. The smallest absolute Gasteiger partial charge is 0.381 e. The van der Waals surface area contributed by atoms with Crippen molar-refractivity contribution in [2.75, 3.05) is 12.3 Å². The van der Waals surface area contributed by atoms with Gasteiger partial charge in [-0.15, -0.1) is 0 Å². The largest absolute Gasteiger partial charge is 0.394 e. The summed E-state index contributed by atoms with van der Waals surface area (Å²) < 4.78 is 28.1. The lowest BCUT2D eigenvalue weighted by atomic mass is 10.1. The molecule has 3 heterocycles. The summed E-state index contributed by atoms with van der Waals surface area (Å²) >= 11 is 0. The van der Waals surface area contributed by atoms with Crippen molar-refractivity contribution in [1.82, 2.24) is 9.55 Å². The molecule has 0 amide bonds. The maximum atomic E-state index is 11.9. The van der Waals surface area contributed by atoms with E-state index >= 15 is 0 Å². The molecule has 122 valence electrons. The lowest BCUT2D eigenvalue weighted by Gasteiger charge is -2.21. The number of fused-ring (bicyclic) bond motifs is 1. The Morgan fingerprint density at radius 1 is 1.32 bits per heavy atom. The molecule has 0 spiro atoms. The first kappa shape index (κ1) is 15.6. The average molecular weight is 335 g/mol. The van der Waals surface area contributed by atoms with Crippen LogP contribution in [0.3, 0.4) is 0 Å². The van der Waals surface area contributed by atoms with Gasteiger partial charge in [0.25, 0.3) is 6.03 Å². The molecule has 2 saturated heterocycles. The third kappa shape index (κ3) is 2.57. The van der Waals surface area contributed by atoms with E-state index in [1.54, 1.807) is 0 Å². The van der Waals surface area contributed by atoms with Crippen LogP contribution in [0.5, 0.6) is 0 Å². The summed E-state index contributed by atoms with van der Waals surface area (Å²) in [4.78, 5) is 33.7. The first-order valence-electron chi connectivity index (χ1n) is 6.28. The van der Waals surface area contributed by atoms with E-state index in [0.29, 0.717) is 0 Å². The zero-order chi connectivity index (χ0) is 16.1. The Morgan fingerprint density at radius 2 is 2.00 bits per heavy atom. The zero-order valence-electron chi connectivity index (χ0n) is 11.1. The minimum atomic E-state index is -4.65. The van der Waals surface area contributed by atoms with Crippen molar-refractivity contribution in [3.8, 4) is 0 Å². The molecule has 0 aliphatic carbocycles. The predicted molar refractivity (Wildman–Crippen MR) is 69.5 cm³/mol. The van der Waals surface area contributed by atoms with Crippen LogP contribution >= 0.6 is 7.60 Å². The van der Waals surface area contributed by atoms with E-state index in [1.807, 2.05) is 0 Å². The number of anilines is 1. The summed E-state index contributed by atoms with van der Waals surface area (Å²) in [6.07, 6.45) is -2.51. The van der Waals surface area contributed by atoms with E-state index in [-0.39, 0.29) is 5.82 Å². The molecule has 5 atom stereocenters. The van der Waals surface area contributed by atoms with Crippen LogP contribution in [0.15, 0.2) is 17.1 Å². The monoisotopic (exact) mass is 335 g/mol. The fraction of sp³-hybridized carbons (Fsp3) is 0.600. The summed E-state index contributed by atoms with van der Waals surface area (Å²) in [5.41, 5.74) is 4.68. The topological polar surface area (TPSA) is 166 Å². The van der Waals surface area contributed by atoms with Gasteiger partial charge in [-0.05, 0) is 6.07 Å². The predicted octanol–water partition coefficient (Wildman–Crippen LogP) is -2.04. The van der Waals surface area contributed by atoms with Gasteiger partial charge < -0.3 is 34.8 Å². The number of nitrogens with two attached hydrogens (primary N) is 1. The Morgan fingerprint density at radius 3 is 2.59 bits per heavy atom. The second-order valence-electron chi connectivity index (χ2n) is 4.89. The Balaban J connectivity index is 1.93. The van der Waals surface area contributed by atoms with E-state index in [0.717, 1.165) is 4.57 Å². The number of aromatic nitrogens is 2. The van der Waals surface area contributed by atoms with Gasteiger partial charge in [-0.1, -0.05) is 0 Å². The van der Waals surface area contributed by atoms with Crippen molar-refractivity contribution in [1.29, 1.82) is 0 Å². The van der Waals surface area contributed by atoms with E-state index in [4.69, 9.17) is 29.7 Å². The van der Waals surface area contributed by atoms with Crippen LogP contribution in [0, 0.1) is 0 Å². The van der Waals surface area contributed by atoms with Gasteiger partial charge in [0.2, 0.25) is 0 Å². The van der Waals surface area contributed by atoms with Crippen molar-refractivity contribution in [2.24, 2.45) is 0 Å². The number of nitrogen functional groups attached to an aromatic ring is 1. The average Bonchev–Trinajstić information content (AvgIpc) is 2.97. The summed E-state index contributed by atoms with van der Waals surface area (Å²) in [5.74, 6) is 0.0196. The van der Waals surface area contributed by atoms with E-state index in [2.05, 4.69) is 4.98 Å². The number of hydrogen-bond donors (Lipinski definition) is 4. The Bertz CT molecular complexity index is 674. The van der Waals surface area contributed by atoms with Gasteiger partial charge >= 0.3 is 13.3 Å². The third-order valence-corrected chi connectivity index (χ3v) is 4.21. The molecule has 2 aliphatic rings. The van der Waals surface area contributed by atoms with E-state index in [1.165, 1.54) is 12.3 Å². The molecule has 1 aromatic rings. The Kier molecular flexibility index (Phi) is 3.81. The minimum absolute atomic E-state index is 0.0196. The van der Waals surface area contributed by atoms with Crippen LogP contribution < -0.4 is 11.4 Å². The van der Waals surface area contributed by atoms with Crippen LogP contribution in [0.25, 0.3) is 0 Å². The molecule has 1 aromatic heterocycles. The van der Waals surface area contributed by atoms with Crippen LogP contribution in [0.1, 0.15) is 6.23 Å². The normalized spacial score (nSPS) is 34.8. The lowest BCUT2D eigenvalue weighted by molar-refractivity contribution is -0.130. The SMILES string of the molecule is Nc1ccn([C@@H]2O[C@H](CO)[C@H]3OC(P(=O)(O)O)O[C@H]32)c(=O)n1. The summed E-state index contributed by atoms with van der Waals surface area (Å²) in [6.45, 7) is -0.466. The van der Waals surface area contributed by atoms with E-state index < -0.39 is 50.5 Å². The first-order valence-corrected chi connectivity index (χ1v) is 7.96. The fourth-order valence-corrected chi connectivity index (χ4v) is 3.07. The Labute approximate surface area is 123 Å². The molecule has 0 radical (unpaired) electrons. The second-order valence-corrected chi connectivity index (χ2v) is 6.49. The number of aliphatic hydroxyl groups is 1. The van der Waals surface area contributed by atoms with Crippen molar-refractivity contribution < 1.29 is 33.7 Å². The molecule has 11 nitrogen and oxygen atoms in total. The molecule has 5 N–H and O–H groups in total. The van der Waals surface area contributed by atoms with Gasteiger partial charge in [-0.25, -0.2) is 4.79 Å². The standard InChI is InChI=1S/C10H14N3O8P/c11-5-1-2-13(9(15)12-5)8-7-6(4(3-14)19-8)20-10(21-7)22(16,17)18/h1-2,4,6-8,10,14H,3H2,(H2,11,12,15)(H2,16,17,18)/t4-,6-,7-,8-,10?/m1/s1. The Hall–Kier alpha value is -1.33. The summed E-state index contributed by atoms with van der Waals surface area (Å²) in [7, 11) is -4.65. The molecule has 1 unspecified atom stereocenters. The third-order valence-electron chi connectivity index (χ3n) is 3.41. The molecule has 2 aliphatic heterocycles. The van der Waals surface area contributed by atoms with Crippen LogP contribution in [-0.4, -0.2) is 55.4 Å². The molecule has 2 fully saturated rings. The zero-order valence-corrected chi connectivity index (χ0v) is 11.9. The van der Waals surface area contributed by atoms with Crippen molar-refractivity contribution >= 4 is 13.4 Å². The molecule has 0 aromatic carbocycles. The van der Waals surface area contributed by atoms with Gasteiger partial charge in [0.15, 0.2) is 6.23 Å². The molecular weight excluding hydrogens is 321 g/mol. The highest BCUT2D eigenvalue weighted by atomic mass is 31.2. The van der Waals surface area contributed by atoms with Crippen LogP contribution in [0.2, 0.25) is 0 Å². The molecule has 22 heavy (non-hydrogen) atoms. The lowest BCUT2D eigenvalue weighted by Crippen LogP contribution is -2.34. The number of rotatable bonds is 3. The van der Waals surface area contributed by atoms with Crippen LogP contribution in [0.4, 0.5) is 5.82 Å². The van der Waals surface area contributed by atoms with Gasteiger partial charge in [-0.3, -0.25) is 9.13 Å². The van der Waals surface area contributed by atoms with Gasteiger partial charge in [0.1, 0.15) is 24.1 Å². The number of nitrogens with zero attached hydrogens (tertiary/aromatic N) is 2. The quantitative estimate of drug-likeness (QED) is 0.452. The highest BCUT2D eigenvalue weighted by molar-refractivity contribution is 7.52. The molecular formula is C10H14N3O8P. The highest BCUT2D eigenvalue weighted by Gasteiger charge is 2.57.